The fourth-order valence-corrected chi connectivity index (χ4v) is 1.78. The van der Waals surface area contributed by atoms with Crippen molar-refractivity contribution in [3.8, 4) is 11.5 Å². The minimum atomic E-state index is -1.37. The Bertz CT molecular complexity index is 656. The molecule has 0 fully saturated rings. The molecule has 2 aromatic rings. The van der Waals surface area contributed by atoms with Crippen LogP contribution in [0.1, 0.15) is 22.8 Å². The van der Waals surface area contributed by atoms with E-state index in [9.17, 15) is 9.18 Å². The lowest BCUT2D eigenvalue weighted by Crippen LogP contribution is -2.03. The molecule has 0 heterocycles. The first-order valence-electron chi connectivity index (χ1n) is 6.10. The lowest BCUT2D eigenvalue weighted by atomic mass is 10.1. The number of hydrogen-bond donors (Lipinski definition) is 2. The van der Waals surface area contributed by atoms with Crippen molar-refractivity contribution in [2.24, 2.45) is 0 Å². The number of benzene rings is 2. The van der Waals surface area contributed by atoms with Gasteiger partial charge in [0.25, 0.3) is 0 Å². The average molecular weight is 275 g/mol. The summed E-state index contributed by atoms with van der Waals surface area (Å²) < 4.78 is 19.1. The van der Waals surface area contributed by atoms with E-state index in [0.29, 0.717) is 5.75 Å². The van der Waals surface area contributed by atoms with Crippen molar-refractivity contribution < 1.29 is 19.0 Å². The zero-order valence-electron chi connectivity index (χ0n) is 10.9. The molecule has 0 aliphatic heterocycles. The van der Waals surface area contributed by atoms with E-state index in [0.717, 1.165) is 24.1 Å². The molecule has 4 nitrogen and oxygen atoms in total. The molecule has 0 saturated carbocycles. The number of carbonyl (C=O) groups is 1. The summed E-state index contributed by atoms with van der Waals surface area (Å²) in [7, 11) is 0. The number of ether oxygens (including phenoxy) is 1. The fraction of sp³-hybridized carbons (Fsp3) is 0.133. The van der Waals surface area contributed by atoms with Gasteiger partial charge in [0, 0.05) is 6.07 Å². The number of aryl methyl sites for hydroxylation is 1. The van der Waals surface area contributed by atoms with Crippen LogP contribution in [0.2, 0.25) is 0 Å². The molecule has 104 valence electrons. The van der Waals surface area contributed by atoms with Crippen LogP contribution in [0.15, 0.2) is 36.4 Å². The van der Waals surface area contributed by atoms with Crippen LogP contribution in [0.4, 0.5) is 10.1 Å². The molecule has 0 unspecified atom stereocenters. The van der Waals surface area contributed by atoms with E-state index in [1.54, 1.807) is 6.07 Å². The van der Waals surface area contributed by atoms with Crippen LogP contribution in [0.5, 0.6) is 11.5 Å². The summed E-state index contributed by atoms with van der Waals surface area (Å²) in [4.78, 5) is 10.8. The molecule has 0 aromatic heterocycles. The second-order valence-electron chi connectivity index (χ2n) is 4.28. The third-order valence-electron chi connectivity index (χ3n) is 2.86. The van der Waals surface area contributed by atoms with E-state index in [-0.39, 0.29) is 11.4 Å². The molecule has 0 atom stereocenters. The van der Waals surface area contributed by atoms with Gasteiger partial charge in [0.05, 0.1) is 11.3 Å². The first-order valence-corrected chi connectivity index (χ1v) is 6.10. The number of nitrogens with two attached hydrogens (primary N) is 1. The van der Waals surface area contributed by atoms with E-state index < -0.39 is 17.3 Å². The van der Waals surface area contributed by atoms with E-state index in [1.165, 1.54) is 0 Å². The Balaban J connectivity index is 2.34. The minimum Gasteiger partial charge on any atom is -0.478 e. The Kier molecular flexibility index (Phi) is 3.89. The van der Waals surface area contributed by atoms with Crippen LogP contribution in [-0.2, 0) is 6.42 Å². The number of nitrogen functional groups attached to an aromatic ring is 1. The van der Waals surface area contributed by atoms with Crippen molar-refractivity contribution in [3.63, 3.8) is 0 Å². The molecule has 0 radical (unpaired) electrons. The van der Waals surface area contributed by atoms with Crippen LogP contribution in [0.3, 0.4) is 0 Å². The standard InChI is InChI=1S/C15H14FNO3/c1-2-9-4-3-5-10(6-9)20-14-8-12(16)11(15(18)19)7-13(14)17/h3-8H,2,17H2,1H3,(H,18,19). The van der Waals surface area contributed by atoms with Crippen molar-refractivity contribution in [2.45, 2.75) is 13.3 Å². The summed E-state index contributed by atoms with van der Waals surface area (Å²) in [5.74, 6) is -1.62. The molecular weight excluding hydrogens is 261 g/mol. The third kappa shape index (κ3) is 2.88. The molecule has 20 heavy (non-hydrogen) atoms. The predicted octanol–water partition coefficient (Wildman–Crippen LogP) is 3.46. The fourth-order valence-electron chi connectivity index (χ4n) is 1.78. The summed E-state index contributed by atoms with van der Waals surface area (Å²) in [6.07, 6.45) is 0.846. The van der Waals surface area contributed by atoms with Gasteiger partial charge in [-0.3, -0.25) is 0 Å². The number of hydrogen-bond acceptors (Lipinski definition) is 3. The van der Waals surface area contributed by atoms with E-state index in [1.807, 2.05) is 25.1 Å². The zero-order chi connectivity index (χ0) is 14.7. The van der Waals surface area contributed by atoms with Crippen LogP contribution in [-0.4, -0.2) is 11.1 Å². The quantitative estimate of drug-likeness (QED) is 0.838. The van der Waals surface area contributed by atoms with Crippen LogP contribution in [0.25, 0.3) is 0 Å². The Labute approximate surface area is 115 Å². The molecule has 2 rings (SSSR count). The van der Waals surface area contributed by atoms with Gasteiger partial charge in [0.1, 0.15) is 11.6 Å². The lowest BCUT2D eigenvalue weighted by Gasteiger charge is -2.10. The van der Waals surface area contributed by atoms with Gasteiger partial charge in [-0.2, -0.15) is 0 Å². The average Bonchev–Trinajstić information content (AvgIpc) is 2.42. The number of carboxylic acids is 1. The van der Waals surface area contributed by atoms with Gasteiger partial charge in [-0.1, -0.05) is 19.1 Å². The normalized spacial score (nSPS) is 10.3. The highest BCUT2D eigenvalue weighted by molar-refractivity contribution is 5.89. The highest BCUT2D eigenvalue weighted by Gasteiger charge is 2.15. The van der Waals surface area contributed by atoms with Crippen molar-refractivity contribution in [3.05, 3.63) is 53.3 Å². The molecule has 0 saturated heterocycles. The number of carboxylic acid groups (broad SMARTS) is 1. The summed E-state index contributed by atoms with van der Waals surface area (Å²) >= 11 is 0. The summed E-state index contributed by atoms with van der Waals surface area (Å²) in [5.41, 5.74) is 6.36. The summed E-state index contributed by atoms with van der Waals surface area (Å²) in [6, 6.07) is 9.36. The SMILES string of the molecule is CCc1cccc(Oc2cc(F)c(C(=O)O)cc2N)c1. The molecule has 2 aromatic carbocycles. The van der Waals surface area contributed by atoms with Gasteiger partial charge in [-0.05, 0) is 30.2 Å². The van der Waals surface area contributed by atoms with Crippen molar-refractivity contribution in [1.82, 2.24) is 0 Å². The van der Waals surface area contributed by atoms with Gasteiger partial charge in [-0.25, -0.2) is 9.18 Å². The number of aromatic carboxylic acids is 1. The van der Waals surface area contributed by atoms with Gasteiger partial charge >= 0.3 is 5.97 Å². The Hall–Kier alpha value is -2.56. The van der Waals surface area contributed by atoms with Gasteiger partial charge in [-0.15, -0.1) is 0 Å². The van der Waals surface area contributed by atoms with E-state index in [4.69, 9.17) is 15.6 Å². The first kappa shape index (κ1) is 13.9. The second-order valence-corrected chi connectivity index (χ2v) is 4.28. The molecule has 0 bridgehead atoms. The molecule has 0 aliphatic rings. The van der Waals surface area contributed by atoms with Crippen LogP contribution in [0, 0.1) is 5.82 Å². The van der Waals surface area contributed by atoms with Crippen molar-refractivity contribution in [1.29, 1.82) is 0 Å². The van der Waals surface area contributed by atoms with E-state index >= 15 is 0 Å². The predicted molar refractivity (Wildman–Crippen MR) is 73.7 cm³/mol. The third-order valence-corrected chi connectivity index (χ3v) is 2.86. The topological polar surface area (TPSA) is 72.5 Å². The number of anilines is 1. The number of halogens is 1. The minimum absolute atomic E-state index is 0.0747. The zero-order valence-corrected chi connectivity index (χ0v) is 10.9. The summed E-state index contributed by atoms with van der Waals surface area (Å²) in [6.45, 7) is 2.01. The molecule has 0 aliphatic carbocycles. The maximum atomic E-state index is 13.6. The Morgan fingerprint density at radius 3 is 2.75 bits per heavy atom. The highest BCUT2D eigenvalue weighted by atomic mass is 19.1. The number of rotatable bonds is 4. The lowest BCUT2D eigenvalue weighted by molar-refractivity contribution is 0.0692. The Morgan fingerprint density at radius 2 is 2.10 bits per heavy atom. The second kappa shape index (κ2) is 5.61. The largest absolute Gasteiger partial charge is 0.478 e. The molecular formula is C15H14FNO3. The van der Waals surface area contributed by atoms with Gasteiger partial charge < -0.3 is 15.6 Å². The Morgan fingerprint density at radius 1 is 1.35 bits per heavy atom. The first-order chi connectivity index (χ1) is 9.51. The van der Waals surface area contributed by atoms with Crippen molar-refractivity contribution in [2.75, 3.05) is 5.73 Å². The van der Waals surface area contributed by atoms with Crippen LogP contribution >= 0.6 is 0 Å². The maximum Gasteiger partial charge on any atom is 0.338 e. The van der Waals surface area contributed by atoms with Crippen molar-refractivity contribution >= 4 is 11.7 Å². The monoisotopic (exact) mass is 275 g/mol. The van der Waals surface area contributed by atoms with Gasteiger partial charge in [0.15, 0.2) is 5.75 Å². The molecule has 0 spiro atoms. The molecule has 5 heteroatoms. The van der Waals surface area contributed by atoms with E-state index in [2.05, 4.69) is 0 Å². The highest BCUT2D eigenvalue weighted by Crippen LogP contribution is 2.30. The molecule has 3 N–H and O–H groups in total. The van der Waals surface area contributed by atoms with Gasteiger partial charge in [0.2, 0.25) is 0 Å². The summed E-state index contributed by atoms with van der Waals surface area (Å²) in [5, 5.41) is 8.80. The smallest absolute Gasteiger partial charge is 0.338 e. The van der Waals surface area contributed by atoms with Crippen LogP contribution < -0.4 is 10.5 Å². The maximum absolute atomic E-state index is 13.6. The molecule has 0 amide bonds.